The molecule has 1 aromatic heterocycles. The van der Waals surface area contributed by atoms with E-state index in [4.69, 9.17) is 4.74 Å². The maximum Gasteiger partial charge on any atom is 0.243 e. The largest absolute Gasteiger partial charge is 0.382 e. The van der Waals surface area contributed by atoms with E-state index in [-0.39, 0.29) is 0 Å². The monoisotopic (exact) mass is 211 g/mol. The van der Waals surface area contributed by atoms with E-state index >= 15 is 0 Å². The first-order valence-corrected chi connectivity index (χ1v) is 5.99. The zero-order valence-corrected chi connectivity index (χ0v) is 9.98. The summed E-state index contributed by atoms with van der Waals surface area (Å²) in [7, 11) is 0. The lowest BCUT2D eigenvalue weighted by Crippen LogP contribution is -2.30. The van der Waals surface area contributed by atoms with Gasteiger partial charge in [0.1, 0.15) is 12.4 Å². The second-order valence-electron chi connectivity index (χ2n) is 3.79. The quantitative estimate of drug-likeness (QED) is 0.475. The molecule has 0 amide bonds. The molecule has 0 bridgehead atoms. The fourth-order valence-electron chi connectivity index (χ4n) is 1.60. The molecular weight excluding hydrogens is 188 g/mol. The molecule has 0 aromatic carbocycles. The SMILES string of the molecule is CCC[n+]1ccn(CCCCOCC)c1. The third-order valence-electron chi connectivity index (χ3n) is 2.39. The van der Waals surface area contributed by atoms with Crippen molar-refractivity contribution in [3.63, 3.8) is 0 Å². The normalized spacial score (nSPS) is 10.8. The summed E-state index contributed by atoms with van der Waals surface area (Å²) >= 11 is 0. The van der Waals surface area contributed by atoms with Crippen LogP contribution in [0, 0.1) is 0 Å². The molecule has 0 fully saturated rings. The summed E-state index contributed by atoms with van der Waals surface area (Å²) in [5.41, 5.74) is 0. The highest BCUT2D eigenvalue weighted by molar-refractivity contribution is 4.65. The Morgan fingerprint density at radius 3 is 2.87 bits per heavy atom. The summed E-state index contributed by atoms with van der Waals surface area (Å²) in [6.07, 6.45) is 10.0. The van der Waals surface area contributed by atoms with Crippen LogP contribution >= 0.6 is 0 Å². The van der Waals surface area contributed by atoms with E-state index < -0.39 is 0 Å². The van der Waals surface area contributed by atoms with Gasteiger partial charge in [0.2, 0.25) is 6.33 Å². The molecule has 15 heavy (non-hydrogen) atoms. The van der Waals surface area contributed by atoms with Gasteiger partial charge < -0.3 is 4.74 Å². The number of hydrogen-bond donors (Lipinski definition) is 0. The smallest absolute Gasteiger partial charge is 0.243 e. The molecule has 0 aliphatic heterocycles. The minimum Gasteiger partial charge on any atom is -0.382 e. The molecule has 3 nitrogen and oxygen atoms in total. The molecule has 1 rings (SSSR count). The van der Waals surface area contributed by atoms with Crippen LogP contribution < -0.4 is 4.57 Å². The van der Waals surface area contributed by atoms with Crippen LogP contribution in [0.1, 0.15) is 33.1 Å². The molecule has 0 atom stereocenters. The van der Waals surface area contributed by atoms with Gasteiger partial charge in [-0.1, -0.05) is 6.92 Å². The van der Waals surface area contributed by atoms with Crippen LogP contribution in [0.5, 0.6) is 0 Å². The van der Waals surface area contributed by atoms with E-state index in [1.165, 1.54) is 12.8 Å². The highest BCUT2D eigenvalue weighted by Crippen LogP contribution is 1.95. The van der Waals surface area contributed by atoms with Gasteiger partial charge >= 0.3 is 0 Å². The van der Waals surface area contributed by atoms with Gasteiger partial charge in [0.05, 0.1) is 13.1 Å². The van der Waals surface area contributed by atoms with Crippen LogP contribution in [-0.2, 0) is 17.8 Å². The van der Waals surface area contributed by atoms with Gasteiger partial charge in [-0.25, -0.2) is 9.13 Å². The molecule has 1 heterocycles. The number of nitrogens with zero attached hydrogens (tertiary/aromatic N) is 2. The topological polar surface area (TPSA) is 18.0 Å². The van der Waals surface area contributed by atoms with Gasteiger partial charge in [-0.15, -0.1) is 0 Å². The van der Waals surface area contributed by atoms with E-state index in [9.17, 15) is 0 Å². The molecule has 0 aliphatic rings. The average molecular weight is 211 g/mol. The fourth-order valence-corrected chi connectivity index (χ4v) is 1.60. The number of hydrogen-bond acceptors (Lipinski definition) is 1. The Bertz CT molecular complexity index is 258. The number of ether oxygens (including phenoxy) is 1. The third-order valence-corrected chi connectivity index (χ3v) is 2.39. The first kappa shape index (κ1) is 12.2. The highest BCUT2D eigenvalue weighted by atomic mass is 16.5. The summed E-state index contributed by atoms with van der Waals surface area (Å²) < 4.78 is 9.79. The summed E-state index contributed by atoms with van der Waals surface area (Å²) in [6.45, 7) is 8.19. The van der Waals surface area contributed by atoms with E-state index in [1.54, 1.807) is 0 Å². The lowest BCUT2D eigenvalue weighted by atomic mass is 10.3. The van der Waals surface area contributed by atoms with Gasteiger partial charge in [0.15, 0.2) is 0 Å². The first-order chi connectivity index (χ1) is 7.36. The summed E-state index contributed by atoms with van der Waals surface area (Å²) in [4.78, 5) is 0. The second kappa shape index (κ2) is 7.46. The van der Waals surface area contributed by atoms with E-state index in [1.807, 2.05) is 6.92 Å². The van der Waals surface area contributed by atoms with Crippen molar-refractivity contribution in [2.45, 2.75) is 46.2 Å². The number of aryl methyl sites for hydroxylation is 2. The van der Waals surface area contributed by atoms with E-state index in [2.05, 4.69) is 34.8 Å². The minimum absolute atomic E-state index is 0.833. The molecule has 0 radical (unpaired) electrons. The van der Waals surface area contributed by atoms with Crippen molar-refractivity contribution in [2.75, 3.05) is 13.2 Å². The van der Waals surface area contributed by atoms with Crippen LogP contribution in [0.2, 0.25) is 0 Å². The predicted molar refractivity (Wildman–Crippen MR) is 60.6 cm³/mol. The van der Waals surface area contributed by atoms with Gasteiger partial charge in [-0.3, -0.25) is 0 Å². The summed E-state index contributed by atoms with van der Waals surface area (Å²) in [5.74, 6) is 0. The molecule has 86 valence electrons. The van der Waals surface area contributed by atoms with Crippen LogP contribution in [0.4, 0.5) is 0 Å². The Balaban J connectivity index is 2.14. The van der Waals surface area contributed by atoms with Gasteiger partial charge in [-0.2, -0.15) is 0 Å². The van der Waals surface area contributed by atoms with Crippen molar-refractivity contribution in [1.82, 2.24) is 4.57 Å². The number of aromatic nitrogens is 2. The first-order valence-electron chi connectivity index (χ1n) is 5.99. The van der Waals surface area contributed by atoms with Crippen LogP contribution in [0.3, 0.4) is 0 Å². The second-order valence-corrected chi connectivity index (χ2v) is 3.79. The molecule has 0 unspecified atom stereocenters. The Hall–Kier alpha value is -0.830. The Kier molecular flexibility index (Phi) is 6.09. The van der Waals surface area contributed by atoms with Crippen LogP contribution in [-0.4, -0.2) is 17.8 Å². The maximum atomic E-state index is 5.30. The number of unbranched alkanes of at least 4 members (excludes halogenated alkanes) is 1. The molecule has 1 aromatic rings. The van der Waals surface area contributed by atoms with Crippen LogP contribution in [0.25, 0.3) is 0 Å². The lowest BCUT2D eigenvalue weighted by Gasteiger charge is -1.99. The summed E-state index contributed by atoms with van der Waals surface area (Å²) in [6, 6.07) is 0. The number of imidazole rings is 1. The van der Waals surface area contributed by atoms with Crippen LogP contribution in [0.15, 0.2) is 18.7 Å². The Morgan fingerprint density at radius 1 is 1.27 bits per heavy atom. The zero-order valence-electron chi connectivity index (χ0n) is 9.98. The van der Waals surface area contributed by atoms with Crippen molar-refractivity contribution in [1.29, 1.82) is 0 Å². The molecular formula is C12H23N2O+. The molecule has 0 spiro atoms. The third kappa shape index (κ3) is 4.98. The number of rotatable bonds is 8. The Morgan fingerprint density at radius 2 is 2.13 bits per heavy atom. The summed E-state index contributed by atoms with van der Waals surface area (Å²) in [5, 5.41) is 0. The molecule has 0 saturated heterocycles. The van der Waals surface area contributed by atoms with Gasteiger partial charge in [0, 0.05) is 13.2 Å². The Labute approximate surface area is 92.7 Å². The predicted octanol–water partition coefficient (Wildman–Crippen LogP) is 2.00. The average Bonchev–Trinajstić information content (AvgIpc) is 2.66. The van der Waals surface area contributed by atoms with Crippen molar-refractivity contribution < 1.29 is 9.30 Å². The lowest BCUT2D eigenvalue weighted by molar-refractivity contribution is -0.696. The standard InChI is InChI=1S/C12H23N2O/c1-3-7-13-9-10-14(12-13)8-5-6-11-15-4-2/h9-10,12H,3-8,11H2,1-2H3/q+1. The molecule has 0 N–H and O–H groups in total. The van der Waals surface area contributed by atoms with Crippen molar-refractivity contribution in [3.8, 4) is 0 Å². The maximum absolute atomic E-state index is 5.30. The minimum atomic E-state index is 0.833. The van der Waals surface area contributed by atoms with E-state index in [0.29, 0.717) is 0 Å². The van der Waals surface area contributed by atoms with E-state index in [0.717, 1.165) is 32.7 Å². The van der Waals surface area contributed by atoms with Gasteiger partial charge in [-0.05, 0) is 26.2 Å². The fraction of sp³-hybridized carbons (Fsp3) is 0.750. The van der Waals surface area contributed by atoms with Crippen molar-refractivity contribution in [3.05, 3.63) is 18.7 Å². The highest BCUT2D eigenvalue weighted by Gasteiger charge is 2.01. The van der Waals surface area contributed by atoms with Crippen molar-refractivity contribution in [2.24, 2.45) is 0 Å². The van der Waals surface area contributed by atoms with Gasteiger partial charge in [0.25, 0.3) is 0 Å². The zero-order chi connectivity index (χ0) is 10.9. The molecule has 0 aliphatic carbocycles. The molecule has 3 heteroatoms. The van der Waals surface area contributed by atoms with Crippen molar-refractivity contribution >= 4 is 0 Å². The molecule has 0 saturated carbocycles.